The Bertz CT molecular complexity index is 5170. The Morgan fingerprint density at radius 1 is 0.433 bits per heavy atom. The first-order valence-electron chi connectivity index (χ1n) is 48.6. The summed E-state index contributed by atoms with van der Waals surface area (Å²) in [6.45, 7) is 56.7. The van der Waals surface area contributed by atoms with Gasteiger partial charge in [-0.05, 0) is 243 Å². The second kappa shape index (κ2) is 47.8. The number of benzene rings is 6. The van der Waals surface area contributed by atoms with Gasteiger partial charge in [0.2, 0.25) is 0 Å². The van der Waals surface area contributed by atoms with Crippen LogP contribution in [0.15, 0.2) is 183 Å². The van der Waals surface area contributed by atoms with Crippen LogP contribution < -0.4 is 16.0 Å². The van der Waals surface area contributed by atoms with E-state index >= 15 is 0 Å². The molecule has 0 bridgehead atoms. The van der Waals surface area contributed by atoms with Gasteiger partial charge in [0.05, 0.1) is 55.7 Å². The Morgan fingerprint density at radius 3 is 1.22 bits per heavy atom. The molecule has 3 atom stereocenters. The predicted octanol–water partition coefficient (Wildman–Crippen LogP) is 18.6. The molecule has 6 fully saturated rings. The largest absolute Gasteiger partial charge is 0.389 e. The maximum Gasteiger partial charge on any atom is 0.255 e. The number of aliphatic hydroxyl groups excluding tert-OH is 1. The van der Waals surface area contributed by atoms with E-state index in [4.69, 9.17) is 9.47 Å². The minimum absolute atomic E-state index is 0.00996. The normalized spacial score (nSPS) is 17.8. The van der Waals surface area contributed by atoms with Crippen molar-refractivity contribution in [1.82, 2.24) is 63.8 Å². The standard InChI is InChI=1S/C21H29N3O.C20H28N4O2.C19H26N4O.C19H29NO2.C17H26N2O.C14H19NO2/c1-16-22-11-13-23(16)14-17-6-5-12-24(15-17)20(25)18-7-9-19(10-8-18)21(2,3)4;1-20(2,3)17-6-4-16(5-7-17)19(25)22-18-14-21-24(15-18)9-8-23-10-12-26-13-11-23;1-19(2,3)15-7-5-14(6-8-15)18(24)21-16-11-20-23(12-16)17-9-10-22(4)13-17;1-19(2,3)17-9-7-16(8-10-17)18(21)20-12-5-6-15(14-20)11-13-22-4;1-17(2,3)14-7-5-13(6-8-14)16(20)18-15-9-11-19(4)12-10-15;1-14(2,3)11-6-4-10(5-7-11)13(17)15-8-12(16)9-15/h7-11,13,17H,5-6,12,14-15H2,1-4H3;4-7,14-15H,8-13H2,1-3H3,(H,22,25);5-8,11-12,17H,9-10,13H2,1-4H3,(H,21,24);7-10,15H,5-6,11-14H2,1-4H3;5-8,15H,9-12H2,1-4H3,(H,18,20);4-7,12,16H,8-9H2,1-3H3. The van der Waals surface area contributed by atoms with E-state index in [1.165, 1.54) is 46.2 Å². The summed E-state index contributed by atoms with van der Waals surface area (Å²) in [5.74, 6) is 2.30. The van der Waals surface area contributed by atoms with E-state index in [1.54, 1.807) is 24.4 Å². The van der Waals surface area contributed by atoms with Crippen LogP contribution in [0.1, 0.15) is 283 Å². The first kappa shape index (κ1) is 106. The molecule has 6 aliphatic rings. The van der Waals surface area contributed by atoms with Crippen LogP contribution in [0.3, 0.4) is 0 Å². The Labute approximate surface area is 800 Å². The fourth-order valence-electron chi connectivity index (χ4n) is 17.1. The smallest absolute Gasteiger partial charge is 0.255 e. The number of morpholine rings is 1. The lowest BCUT2D eigenvalue weighted by Gasteiger charge is -2.36. The van der Waals surface area contributed by atoms with Gasteiger partial charge in [0.15, 0.2) is 0 Å². The Hall–Kier alpha value is -10.5. The molecule has 6 amide bonds. The topological polar surface area (TPSA) is 250 Å². The number of anilines is 2. The third-order valence-electron chi connectivity index (χ3n) is 26.2. The molecule has 6 saturated heterocycles. The molecule has 6 aromatic carbocycles. The molecule has 0 spiro atoms. The van der Waals surface area contributed by atoms with E-state index in [0.717, 1.165) is 177 Å². The van der Waals surface area contributed by atoms with Crippen molar-refractivity contribution < 1.29 is 43.3 Å². The molecule has 6 aliphatic heterocycles. The molecule has 0 saturated carbocycles. The number of hydrogen-bond acceptors (Lipinski definition) is 15. The van der Waals surface area contributed by atoms with Crippen LogP contribution in [-0.4, -0.2) is 237 Å². The van der Waals surface area contributed by atoms with Gasteiger partial charge in [-0.1, -0.05) is 197 Å². The van der Waals surface area contributed by atoms with Gasteiger partial charge in [0.25, 0.3) is 35.4 Å². The number of aliphatic hydroxyl groups is 1. The fourth-order valence-corrected chi connectivity index (χ4v) is 17.1. The number of aryl methyl sites for hydroxylation is 1. The molecule has 726 valence electrons. The quantitative estimate of drug-likeness (QED) is 0.0623. The highest BCUT2D eigenvalue weighted by molar-refractivity contribution is 6.05. The van der Waals surface area contributed by atoms with Crippen molar-refractivity contribution in [3.05, 3.63) is 255 Å². The molecule has 0 aliphatic carbocycles. The predicted molar refractivity (Wildman–Crippen MR) is 540 cm³/mol. The number of carbonyl (C=O) groups excluding carboxylic acids is 6. The van der Waals surface area contributed by atoms with Crippen LogP contribution in [0.2, 0.25) is 0 Å². The van der Waals surface area contributed by atoms with Crippen LogP contribution in [0.5, 0.6) is 0 Å². The Kier molecular flexibility index (Phi) is 37.7. The molecule has 9 aromatic rings. The summed E-state index contributed by atoms with van der Waals surface area (Å²) >= 11 is 0. The van der Waals surface area contributed by atoms with E-state index < -0.39 is 0 Å². The van der Waals surface area contributed by atoms with Gasteiger partial charge in [-0.15, -0.1) is 0 Å². The van der Waals surface area contributed by atoms with Crippen LogP contribution in [-0.2, 0) is 55.1 Å². The molecular weight excluding hydrogens is 1680 g/mol. The lowest BCUT2D eigenvalue weighted by atomic mass is 9.86. The van der Waals surface area contributed by atoms with Crippen molar-refractivity contribution in [2.45, 2.75) is 247 Å². The van der Waals surface area contributed by atoms with Crippen molar-refractivity contribution in [3.8, 4) is 0 Å². The van der Waals surface area contributed by atoms with Gasteiger partial charge in [-0.25, -0.2) is 4.98 Å². The zero-order chi connectivity index (χ0) is 97.5. The summed E-state index contributed by atoms with van der Waals surface area (Å²) in [6.07, 6.45) is 19.5. The summed E-state index contributed by atoms with van der Waals surface area (Å²) in [5.41, 5.74) is 13.9. The summed E-state index contributed by atoms with van der Waals surface area (Å²) in [7, 11) is 5.99. The molecule has 15 rings (SSSR count). The lowest BCUT2D eigenvalue weighted by molar-refractivity contribution is 0.00589. The zero-order valence-corrected chi connectivity index (χ0v) is 84.7. The van der Waals surface area contributed by atoms with E-state index in [2.05, 4.69) is 226 Å². The van der Waals surface area contributed by atoms with E-state index in [1.807, 2.05) is 160 Å². The van der Waals surface area contributed by atoms with Gasteiger partial charge in [-0.2, -0.15) is 10.2 Å². The minimum Gasteiger partial charge on any atom is -0.389 e. The van der Waals surface area contributed by atoms with Crippen molar-refractivity contribution in [2.24, 2.45) is 11.8 Å². The molecular formula is C110H157N15O9. The number of imidazole rings is 1. The van der Waals surface area contributed by atoms with E-state index in [-0.39, 0.29) is 74.0 Å². The summed E-state index contributed by atoms with van der Waals surface area (Å²) in [4.78, 5) is 91.5. The number of amides is 6. The van der Waals surface area contributed by atoms with Gasteiger partial charge in [0, 0.05) is 150 Å². The number of β-amino-alcohol motifs (C(OH)–C–C–N with tert-alkyl or cyclic N) is 1. The van der Waals surface area contributed by atoms with Crippen molar-refractivity contribution in [1.29, 1.82) is 0 Å². The van der Waals surface area contributed by atoms with E-state index in [0.29, 0.717) is 53.7 Å². The molecule has 24 heteroatoms. The number of likely N-dealkylation sites (tertiary alicyclic amines) is 5. The minimum atomic E-state index is -0.340. The number of ether oxygens (including phenoxy) is 2. The number of nitrogens with zero attached hydrogens (tertiary/aromatic N) is 12. The SMILES string of the molecule is CC(C)(C)c1ccc(C(=O)N2CC(O)C2)cc1.CC(C)(C)c1ccc(C(=O)Nc2cnn(CCN3CCOCC3)c2)cc1.CN1CCC(NC(=O)c2ccc(C(C)(C)C)cc2)CC1.CN1CCC(n2cc(NC(=O)c3ccc(C(C)(C)C)cc3)cn2)C1.COCCC1CCCN(C(=O)c2ccc(C(C)(C)C)cc2)C1.Cc1nccn1CC1CCCN(C(=O)c2ccc(C(C)(C)C)cc2)C1. The van der Waals surface area contributed by atoms with Gasteiger partial charge >= 0.3 is 0 Å². The third-order valence-corrected chi connectivity index (χ3v) is 26.2. The molecule has 134 heavy (non-hydrogen) atoms. The van der Waals surface area contributed by atoms with Crippen LogP contribution in [0.25, 0.3) is 0 Å². The zero-order valence-electron chi connectivity index (χ0n) is 84.7. The maximum absolute atomic E-state index is 12.9. The summed E-state index contributed by atoms with van der Waals surface area (Å²) in [5, 5.41) is 26.9. The fraction of sp³-hybridized carbons (Fsp3) is 0.536. The van der Waals surface area contributed by atoms with Gasteiger partial charge < -0.3 is 59.6 Å². The highest BCUT2D eigenvalue weighted by atomic mass is 16.5. The number of aromatic nitrogens is 6. The van der Waals surface area contributed by atoms with Crippen LogP contribution >= 0.6 is 0 Å². The summed E-state index contributed by atoms with van der Waals surface area (Å²) < 4.78 is 16.5. The van der Waals surface area contributed by atoms with Gasteiger partial charge in [0.1, 0.15) is 5.82 Å². The first-order valence-corrected chi connectivity index (χ1v) is 48.6. The average molecular weight is 1830 g/mol. The number of likely N-dealkylation sites (N-methyl/N-ethyl adjacent to an activating group) is 1. The number of rotatable bonds is 18. The van der Waals surface area contributed by atoms with Crippen LogP contribution in [0, 0.1) is 18.8 Å². The van der Waals surface area contributed by atoms with Crippen molar-refractivity contribution in [3.63, 3.8) is 0 Å². The van der Waals surface area contributed by atoms with Crippen molar-refractivity contribution in [2.75, 3.05) is 137 Å². The number of hydrogen-bond donors (Lipinski definition) is 4. The molecule has 3 unspecified atom stereocenters. The Morgan fingerprint density at radius 2 is 0.821 bits per heavy atom. The summed E-state index contributed by atoms with van der Waals surface area (Å²) in [6, 6.07) is 48.3. The molecule has 4 N–H and O–H groups in total. The molecule has 3 aromatic heterocycles. The number of methoxy groups -OCH3 is 1. The second-order valence-corrected chi connectivity index (χ2v) is 43.6. The number of nitrogens with one attached hydrogen (secondary N) is 3. The lowest BCUT2D eigenvalue weighted by Crippen LogP contribution is -2.53. The van der Waals surface area contributed by atoms with Crippen LogP contribution in [0.4, 0.5) is 11.4 Å². The number of piperidine rings is 3. The molecule has 9 heterocycles. The number of carbonyl (C=O) groups is 6. The third kappa shape index (κ3) is 32.4. The second-order valence-electron chi connectivity index (χ2n) is 43.6. The highest BCUT2D eigenvalue weighted by Gasteiger charge is 2.32. The highest BCUT2D eigenvalue weighted by Crippen LogP contribution is 2.32. The maximum atomic E-state index is 12.9. The van der Waals surface area contributed by atoms with E-state index in [9.17, 15) is 33.9 Å². The monoisotopic (exact) mass is 1830 g/mol. The van der Waals surface area contributed by atoms with Crippen molar-refractivity contribution >= 4 is 46.8 Å². The molecule has 24 nitrogen and oxygen atoms in total. The average Bonchev–Trinajstić information content (AvgIpc) is 1.08. The first-order chi connectivity index (χ1) is 63.2. The van der Waals surface area contributed by atoms with Gasteiger partial charge in [-0.3, -0.25) is 43.0 Å². The Balaban J connectivity index is 0.000000167. The molecule has 0 radical (unpaired) electrons.